The Kier molecular flexibility index (Phi) is 49.2. The fourth-order valence-corrected chi connectivity index (χ4v) is 13.2. The molecule has 11 rings (SSSR count). The molecule has 4 aliphatic rings. The van der Waals surface area contributed by atoms with Crippen molar-refractivity contribution in [1.82, 2.24) is 0 Å². The number of carboxylic acids is 6. The van der Waals surface area contributed by atoms with Gasteiger partial charge in [0.25, 0.3) is 0 Å². The summed E-state index contributed by atoms with van der Waals surface area (Å²) in [6.45, 7) is 0.639. The van der Waals surface area contributed by atoms with Gasteiger partial charge in [-0.2, -0.15) is 79.0 Å². The smallest absolute Gasteiger partial charge is 0.475 e. The first-order valence-corrected chi connectivity index (χ1v) is 42.4. The van der Waals surface area contributed by atoms with Crippen LogP contribution in [0.25, 0.3) is 0 Å². The number of halogens is 25. The van der Waals surface area contributed by atoms with Gasteiger partial charge in [-0.15, -0.1) is 0 Å². The Hall–Kier alpha value is -8.63. The maximum atomic E-state index is 10.6. The van der Waals surface area contributed by atoms with Crippen molar-refractivity contribution < 1.29 is 200 Å². The van der Waals surface area contributed by atoms with E-state index in [1.54, 1.807) is 84.9 Å². The van der Waals surface area contributed by atoms with Crippen molar-refractivity contribution in [2.75, 3.05) is 19.7 Å². The monoisotopic (exact) mass is 2170 g/mol. The SMILES string of the molecule is NC[C@@H]1O[C@H](O[C@H]2[C@@H](OCc3ccc(Cl)cc3)[C@H](O[C@@H]3[C@@H](OCc4ccc(Cl)cc4)[C@H](N)C[C@H](N)[C@H]3O[C@H]3O[C@H](CN)[C@@H](OCc4ccc(Cl)cc4)[C@H](OCc4ccc(Cl)cc4)[C@H]3N)O[C@@H]2COCc2ccc(Cl)cc2)[C@H](N)[C@@H](OCc2ccc(Cl)cc2)[C@@H]1OCc1ccc(Cl)cc1.O=C(O)C(F)(F)F.O=C(O)C(F)(F)F.O=C(O)C(F)(F)F.O=C(O)C(F)(F)F.O=C(O)C(F)(F)F.O=C(O)C(F)(F)F. The van der Waals surface area contributed by atoms with Crippen LogP contribution in [-0.4, -0.2) is 239 Å². The lowest BCUT2D eigenvalue weighted by Gasteiger charge is -2.49. The standard InChI is InChI=1S/C72H81Cl7N6O13.6C2HF3O2/c73-47-15-1-40(2-16-47)32-86-39-58-65(97-71-60(85)67(91-37-45-11-25-52(78)26-12-45)64(57(31-81)94-71)89-35-43-7-21-50(76)22-8-43)69(92-38-46-13-27-53(79)28-14-46)72(95-58)98-68-61(87-33-41-3-17-48(74)18-4-41)54(82)29-55(83)62(68)96-70-59(84)66(90-36-44-9-23-51(77)24-10-44)63(56(30-80)93-70)88-34-42-5-19-49(75)20-6-42;6*3-2(4,5)1(6)7/h1-28,54-72H,29-39,80-85H2;6*(H,6,7)/t54-,55+,56-,57+,58-,59-,60-,61+,62-,63-,64-,65-,66-,67-,68-,69-,70-,71-,72+;;;;;;/m1....../s1. The summed E-state index contributed by atoms with van der Waals surface area (Å²) in [5.41, 5.74) is 48.2. The first-order chi connectivity index (χ1) is 65.1. The molecule has 3 aliphatic heterocycles. The third-order valence-electron chi connectivity index (χ3n) is 19.1. The topological polar surface area (TPSA) is 500 Å². The molecule has 7 aromatic carbocycles. The summed E-state index contributed by atoms with van der Waals surface area (Å²) in [7, 11) is 0. The number of hydrogen-bond donors (Lipinski definition) is 12. The van der Waals surface area contributed by atoms with E-state index in [0.29, 0.717) is 35.2 Å². The third kappa shape index (κ3) is 42.0. The number of nitrogens with two attached hydrogens (primary N) is 6. The number of hydrogen-bond acceptors (Lipinski definition) is 25. The molecule has 7 aromatic rings. The van der Waals surface area contributed by atoms with Crippen LogP contribution in [0.2, 0.25) is 35.2 Å². The highest BCUT2D eigenvalue weighted by atomic mass is 35.5. The summed E-state index contributed by atoms with van der Waals surface area (Å²) in [6, 6.07) is 47.3. The van der Waals surface area contributed by atoms with Crippen molar-refractivity contribution in [2.45, 2.75) is 206 Å². The molecule has 140 heavy (non-hydrogen) atoms. The number of ether oxygens (including phenoxy) is 13. The van der Waals surface area contributed by atoms with Crippen molar-refractivity contribution in [3.05, 3.63) is 244 Å². The van der Waals surface area contributed by atoms with Crippen molar-refractivity contribution in [3.8, 4) is 0 Å². The number of alkyl halides is 18. The van der Waals surface area contributed by atoms with Gasteiger partial charge in [0.05, 0.1) is 64.9 Å². The molecule has 0 spiro atoms. The second-order valence-electron chi connectivity index (χ2n) is 29.5. The van der Waals surface area contributed by atoms with Crippen LogP contribution >= 0.6 is 81.2 Å². The molecule has 19 atom stereocenters. The average Bonchev–Trinajstić information content (AvgIpc) is 1.42. The molecule has 1 aliphatic carbocycles. The molecule has 0 radical (unpaired) electrons. The molecule has 0 aromatic heterocycles. The molecule has 1 saturated carbocycles. The highest BCUT2D eigenvalue weighted by Gasteiger charge is 2.58. The fraction of sp³-hybridized carbons (Fsp3) is 0.429. The minimum Gasteiger partial charge on any atom is -0.475 e. The maximum Gasteiger partial charge on any atom is 0.490 e. The van der Waals surface area contributed by atoms with E-state index in [0.717, 1.165) is 38.9 Å². The number of carbonyl (C=O) groups is 6. The van der Waals surface area contributed by atoms with Gasteiger partial charge in [0.1, 0.15) is 73.2 Å². The third-order valence-corrected chi connectivity index (χ3v) is 20.8. The highest BCUT2D eigenvalue weighted by molar-refractivity contribution is 6.32. The Bertz CT molecular complexity index is 4770. The number of rotatable bonds is 30. The lowest BCUT2D eigenvalue weighted by atomic mass is 9.84. The van der Waals surface area contributed by atoms with Crippen LogP contribution in [-0.2, 0) is 137 Å². The summed E-state index contributed by atoms with van der Waals surface area (Å²) in [5.74, 6) is -16.5. The number of carboxylic acid groups (broad SMARTS) is 6. The Labute approximate surface area is 816 Å². The molecule has 3 heterocycles. The van der Waals surface area contributed by atoms with Crippen molar-refractivity contribution in [2.24, 2.45) is 34.4 Å². The predicted molar refractivity (Wildman–Crippen MR) is 459 cm³/mol. The van der Waals surface area contributed by atoms with E-state index in [4.69, 9.17) is 237 Å². The van der Waals surface area contributed by atoms with Crippen LogP contribution in [0.5, 0.6) is 0 Å². The molecule has 0 bridgehead atoms. The highest BCUT2D eigenvalue weighted by Crippen LogP contribution is 2.40. The molecular formula is C84H87Cl7F18N6O25. The van der Waals surface area contributed by atoms with E-state index in [1.807, 2.05) is 84.9 Å². The van der Waals surface area contributed by atoms with Gasteiger partial charge in [0, 0.05) is 60.3 Å². The molecule has 0 amide bonds. The zero-order valence-electron chi connectivity index (χ0n) is 71.3. The molecule has 4 fully saturated rings. The van der Waals surface area contributed by atoms with Crippen LogP contribution in [0.4, 0.5) is 79.0 Å². The van der Waals surface area contributed by atoms with E-state index >= 15 is 0 Å². The van der Waals surface area contributed by atoms with Crippen LogP contribution in [0.1, 0.15) is 45.4 Å². The van der Waals surface area contributed by atoms with Crippen molar-refractivity contribution in [1.29, 1.82) is 0 Å². The zero-order chi connectivity index (χ0) is 105. The fourth-order valence-electron chi connectivity index (χ4n) is 12.4. The minimum absolute atomic E-state index is 0.00371. The summed E-state index contributed by atoms with van der Waals surface area (Å²) in [4.78, 5) is 53.4. The summed E-state index contributed by atoms with van der Waals surface area (Å²) >= 11 is 44.3. The van der Waals surface area contributed by atoms with Gasteiger partial charge in [0.2, 0.25) is 0 Å². The molecule has 3 saturated heterocycles. The molecule has 18 N–H and O–H groups in total. The number of benzene rings is 7. The van der Waals surface area contributed by atoms with Gasteiger partial charge in [-0.3, -0.25) is 0 Å². The van der Waals surface area contributed by atoms with Gasteiger partial charge in [0.15, 0.2) is 18.9 Å². The summed E-state index contributed by atoms with van der Waals surface area (Å²) < 4.78 is 280. The Morgan fingerprint density at radius 2 is 0.464 bits per heavy atom. The number of aliphatic carboxylic acids is 6. The normalized spacial score (nSPS) is 24.1. The van der Waals surface area contributed by atoms with Gasteiger partial charge < -0.3 is 127 Å². The van der Waals surface area contributed by atoms with Gasteiger partial charge >= 0.3 is 72.9 Å². The summed E-state index contributed by atoms with van der Waals surface area (Å²) in [5, 5.41) is 46.7. The molecule has 31 nitrogen and oxygen atoms in total. The van der Waals surface area contributed by atoms with Crippen LogP contribution in [0.3, 0.4) is 0 Å². The van der Waals surface area contributed by atoms with Crippen molar-refractivity contribution >= 4 is 117 Å². The molecular weight excluding hydrogens is 2080 g/mol. The molecule has 56 heteroatoms. The minimum atomic E-state index is -5.08. The first kappa shape index (κ1) is 122. The maximum absolute atomic E-state index is 10.6. The quantitative estimate of drug-likeness (QED) is 0.0186. The van der Waals surface area contributed by atoms with Crippen LogP contribution < -0.4 is 34.4 Å². The predicted octanol–water partition coefficient (Wildman–Crippen LogP) is 15.0. The Balaban J connectivity index is 0.000000682. The second-order valence-corrected chi connectivity index (χ2v) is 32.5. The molecule has 778 valence electrons. The van der Waals surface area contributed by atoms with E-state index in [9.17, 15) is 79.0 Å². The molecule has 0 unspecified atom stereocenters. The van der Waals surface area contributed by atoms with E-state index in [1.165, 1.54) is 0 Å². The van der Waals surface area contributed by atoms with E-state index < -0.39 is 189 Å². The lowest BCUT2D eigenvalue weighted by Crippen LogP contribution is -2.69. The average molecular weight is 2170 g/mol. The van der Waals surface area contributed by atoms with Crippen molar-refractivity contribution in [3.63, 3.8) is 0 Å². The second kappa shape index (κ2) is 56.6. The Morgan fingerprint density at radius 1 is 0.271 bits per heavy atom. The largest absolute Gasteiger partial charge is 0.490 e. The lowest BCUT2D eigenvalue weighted by molar-refractivity contribution is -0.318. The van der Waals surface area contributed by atoms with E-state index in [-0.39, 0.29) is 72.4 Å². The van der Waals surface area contributed by atoms with Gasteiger partial charge in [-0.1, -0.05) is 166 Å². The van der Waals surface area contributed by atoms with Gasteiger partial charge in [-0.25, -0.2) is 28.8 Å². The van der Waals surface area contributed by atoms with Crippen LogP contribution in [0.15, 0.2) is 170 Å². The zero-order valence-corrected chi connectivity index (χ0v) is 76.6. The van der Waals surface area contributed by atoms with Gasteiger partial charge in [-0.05, 0) is 130 Å². The Morgan fingerprint density at radius 3 is 0.700 bits per heavy atom. The van der Waals surface area contributed by atoms with E-state index in [2.05, 4.69) is 0 Å². The van der Waals surface area contributed by atoms with Crippen LogP contribution in [0, 0.1) is 0 Å². The first-order valence-electron chi connectivity index (χ1n) is 39.8. The summed E-state index contributed by atoms with van der Waals surface area (Å²) in [6.07, 6.45) is -45.6.